The van der Waals surface area contributed by atoms with Crippen molar-refractivity contribution in [1.29, 1.82) is 0 Å². The number of ketones is 1. The third kappa shape index (κ3) is 4.20. The molecule has 2 unspecified atom stereocenters. The fraction of sp³-hybridized carbons (Fsp3) is 0.444. The maximum absolute atomic E-state index is 12.1. The van der Waals surface area contributed by atoms with Gasteiger partial charge in [0.2, 0.25) is 0 Å². The van der Waals surface area contributed by atoms with E-state index in [0.717, 1.165) is 18.7 Å². The zero-order valence-corrected chi connectivity index (χ0v) is 13.2. The van der Waals surface area contributed by atoms with Gasteiger partial charge in [0.25, 0.3) is 0 Å². The summed E-state index contributed by atoms with van der Waals surface area (Å²) < 4.78 is 4.99. The highest BCUT2D eigenvalue weighted by Crippen LogP contribution is 2.27. The Bertz CT molecular complexity index is 551. The average molecular weight is 301 g/mol. The number of benzene rings is 1. The molecule has 0 spiro atoms. The van der Waals surface area contributed by atoms with Crippen LogP contribution >= 0.6 is 0 Å². The second-order valence-corrected chi connectivity index (χ2v) is 5.65. The van der Waals surface area contributed by atoms with Crippen LogP contribution in [0.1, 0.15) is 25.8 Å². The Morgan fingerprint density at radius 2 is 2.05 bits per heavy atom. The lowest BCUT2D eigenvalue weighted by Gasteiger charge is -2.26. The summed E-state index contributed by atoms with van der Waals surface area (Å²) in [5, 5.41) is 3.31. The van der Waals surface area contributed by atoms with Gasteiger partial charge in [0.05, 0.1) is 6.61 Å². The van der Waals surface area contributed by atoms with Crippen LogP contribution in [0.4, 0.5) is 0 Å². The molecule has 1 aliphatic rings. The Labute approximate surface area is 131 Å². The minimum Gasteiger partial charge on any atom is -0.465 e. The average Bonchev–Trinajstić information content (AvgIpc) is 2.48. The molecule has 0 fully saturated rings. The van der Waals surface area contributed by atoms with Crippen molar-refractivity contribution in [3.63, 3.8) is 0 Å². The van der Waals surface area contributed by atoms with Crippen LogP contribution in [0.3, 0.4) is 0 Å². The molecule has 22 heavy (non-hydrogen) atoms. The van der Waals surface area contributed by atoms with Gasteiger partial charge in [-0.05, 0) is 31.2 Å². The Morgan fingerprint density at radius 3 is 2.68 bits per heavy atom. The van der Waals surface area contributed by atoms with Crippen LogP contribution in [0.15, 0.2) is 42.1 Å². The number of esters is 1. The monoisotopic (exact) mass is 301 g/mol. The summed E-state index contributed by atoms with van der Waals surface area (Å²) in [6.07, 6.45) is 3.17. The minimum atomic E-state index is -0.653. The third-order valence-corrected chi connectivity index (χ3v) is 3.88. The summed E-state index contributed by atoms with van der Waals surface area (Å²) in [6.45, 7) is 4.76. The van der Waals surface area contributed by atoms with Crippen LogP contribution in [-0.2, 0) is 20.7 Å². The largest absolute Gasteiger partial charge is 0.465 e. The highest BCUT2D eigenvalue weighted by molar-refractivity contribution is 6.06. The van der Waals surface area contributed by atoms with Gasteiger partial charge in [0.1, 0.15) is 5.92 Å². The standard InChI is InChI=1S/C18H23NO3/c1-3-22-18(21)17-13(2)11-15(12-16(17)20)19-10-9-14-7-5-4-6-8-14/h4-8,12-13,17,19H,3,9-11H2,1-2H3. The van der Waals surface area contributed by atoms with Gasteiger partial charge in [0.15, 0.2) is 5.78 Å². The number of ether oxygens (including phenoxy) is 1. The molecule has 118 valence electrons. The van der Waals surface area contributed by atoms with Gasteiger partial charge >= 0.3 is 5.97 Å². The number of hydrogen-bond donors (Lipinski definition) is 1. The molecule has 1 aromatic carbocycles. The van der Waals surface area contributed by atoms with E-state index in [1.54, 1.807) is 13.0 Å². The lowest BCUT2D eigenvalue weighted by atomic mass is 9.82. The second-order valence-electron chi connectivity index (χ2n) is 5.65. The lowest BCUT2D eigenvalue weighted by molar-refractivity contribution is -0.152. The number of carbonyl (C=O) groups is 2. The lowest BCUT2D eigenvalue weighted by Crippen LogP contribution is -2.36. The Hall–Kier alpha value is -2.10. The van der Waals surface area contributed by atoms with Gasteiger partial charge in [-0.3, -0.25) is 9.59 Å². The van der Waals surface area contributed by atoms with Gasteiger partial charge in [-0.15, -0.1) is 0 Å². The molecule has 0 bridgehead atoms. The van der Waals surface area contributed by atoms with Crippen molar-refractivity contribution in [1.82, 2.24) is 5.32 Å². The summed E-state index contributed by atoms with van der Waals surface area (Å²) in [4.78, 5) is 24.0. The van der Waals surface area contributed by atoms with Gasteiger partial charge in [0, 0.05) is 18.3 Å². The van der Waals surface area contributed by atoms with Crippen LogP contribution in [0.5, 0.6) is 0 Å². The van der Waals surface area contributed by atoms with Crippen molar-refractivity contribution in [2.24, 2.45) is 11.8 Å². The first kappa shape index (κ1) is 16.3. The SMILES string of the molecule is CCOC(=O)C1C(=O)C=C(NCCc2ccccc2)CC1C. The van der Waals surface area contributed by atoms with E-state index in [1.807, 2.05) is 25.1 Å². The van der Waals surface area contributed by atoms with E-state index in [1.165, 1.54) is 5.56 Å². The van der Waals surface area contributed by atoms with Crippen molar-refractivity contribution in [2.45, 2.75) is 26.7 Å². The quantitative estimate of drug-likeness (QED) is 0.648. The number of nitrogens with one attached hydrogen (secondary N) is 1. The number of hydrogen-bond acceptors (Lipinski definition) is 4. The van der Waals surface area contributed by atoms with E-state index < -0.39 is 11.9 Å². The fourth-order valence-electron chi connectivity index (χ4n) is 2.78. The topological polar surface area (TPSA) is 55.4 Å². The molecule has 0 saturated carbocycles. The Kier molecular flexibility index (Phi) is 5.75. The van der Waals surface area contributed by atoms with Crippen molar-refractivity contribution >= 4 is 11.8 Å². The van der Waals surface area contributed by atoms with Crippen molar-refractivity contribution in [3.05, 3.63) is 47.7 Å². The maximum Gasteiger partial charge on any atom is 0.317 e. The molecule has 0 radical (unpaired) electrons. The van der Waals surface area contributed by atoms with E-state index >= 15 is 0 Å². The zero-order chi connectivity index (χ0) is 15.9. The van der Waals surface area contributed by atoms with Crippen molar-refractivity contribution in [3.8, 4) is 0 Å². The van der Waals surface area contributed by atoms with Crippen LogP contribution < -0.4 is 5.32 Å². The molecule has 1 aromatic rings. The highest BCUT2D eigenvalue weighted by atomic mass is 16.5. The van der Waals surface area contributed by atoms with Crippen molar-refractivity contribution in [2.75, 3.05) is 13.2 Å². The van der Waals surface area contributed by atoms with Crippen molar-refractivity contribution < 1.29 is 14.3 Å². The van der Waals surface area contributed by atoms with E-state index in [0.29, 0.717) is 13.0 Å². The molecule has 4 heteroatoms. The summed E-state index contributed by atoms with van der Waals surface area (Å²) >= 11 is 0. The Morgan fingerprint density at radius 1 is 1.32 bits per heavy atom. The van der Waals surface area contributed by atoms with Gasteiger partial charge in [-0.25, -0.2) is 0 Å². The molecule has 4 nitrogen and oxygen atoms in total. The predicted molar refractivity (Wildman–Crippen MR) is 85.1 cm³/mol. The molecular formula is C18H23NO3. The molecule has 0 saturated heterocycles. The maximum atomic E-state index is 12.1. The summed E-state index contributed by atoms with van der Waals surface area (Å²) in [6, 6.07) is 10.2. The summed E-state index contributed by atoms with van der Waals surface area (Å²) in [7, 11) is 0. The molecule has 2 rings (SSSR count). The molecule has 0 heterocycles. The van der Waals surface area contributed by atoms with Crippen LogP contribution in [-0.4, -0.2) is 24.9 Å². The number of carbonyl (C=O) groups excluding carboxylic acids is 2. The molecule has 0 aromatic heterocycles. The minimum absolute atomic E-state index is 0.0317. The third-order valence-electron chi connectivity index (χ3n) is 3.88. The van der Waals surface area contributed by atoms with E-state index in [4.69, 9.17) is 4.74 Å². The van der Waals surface area contributed by atoms with E-state index in [2.05, 4.69) is 17.4 Å². The first-order valence-corrected chi connectivity index (χ1v) is 7.80. The van der Waals surface area contributed by atoms with E-state index in [-0.39, 0.29) is 11.7 Å². The van der Waals surface area contributed by atoms with E-state index in [9.17, 15) is 9.59 Å². The number of rotatable bonds is 6. The van der Waals surface area contributed by atoms with Crippen LogP contribution in [0.25, 0.3) is 0 Å². The zero-order valence-electron chi connectivity index (χ0n) is 13.2. The van der Waals surface area contributed by atoms with Gasteiger partial charge in [-0.2, -0.15) is 0 Å². The molecule has 2 atom stereocenters. The molecule has 0 aliphatic heterocycles. The molecule has 0 amide bonds. The summed E-state index contributed by atoms with van der Waals surface area (Å²) in [5.74, 6) is -1.24. The predicted octanol–water partition coefficient (Wildman–Crippen LogP) is 2.49. The highest BCUT2D eigenvalue weighted by Gasteiger charge is 2.35. The summed E-state index contributed by atoms with van der Waals surface area (Å²) in [5.41, 5.74) is 2.17. The number of allylic oxidation sites excluding steroid dienone is 2. The normalized spacial score (nSPS) is 21.2. The smallest absolute Gasteiger partial charge is 0.317 e. The van der Waals surface area contributed by atoms with Gasteiger partial charge in [-0.1, -0.05) is 37.3 Å². The van der Waals surface area contributed by atoms with Gasteiger partial charge < -0.3 is 10.1 Å². The second kappa shape index (κ2) is 7.78. The molecular weight excluding hydrogens is 278 g/mol. The first-order chi connectivity index (χ1) is 10.6. The van der Waals surface area contributed by atoms with Crippen LogP contribution in [0, 0.1) is 11.8 Å². The molecule has 1 N–H and O–H groups in total. The first-order valence-electron chi connectivity index (χ1n) is 7.80. The Balaban J connectivity index is 1.89. The molecule has 1 aliphatic carbocycles. The fourth-order valence-corrected chi connectivity index (χ4v) is 2.78. The van der Waals surface area contributed by atoms with Crippen LogP contribution in [0.2, 0.25) is 0 Å².